The third-order valence-corrected chi connectivity index (χ3v) is 6.01. The van der Waals surface area contributed by atoms with Crippen LogP contribution in [0.1, 0.15) is 37.0 Å². The van der Waals surface area contributed by atoms with Gasteiger partial charge >= 0.3 is 0 Å². The van der Waals surface area contributed by atoms with Gasteiger partial charge in [-0.15, -0.1) is 0 Å². The van der Waals surface area contributed by atoms with Crippen LogP contribution in [0.25, 0.3) is 0 Å². The molecular weight excluding hydrogens is 409 g/mol. The molecule has 1 aromatic rings. The first kappa shape index (κ1) is 20.6. The highest BCUT2D eigenvalue weighted by molar-refractivity contribution is 6.43. The maximum Gasteiger partial charge on any atom is 0.258 e. The number of hydrogen-bond acceptors (Lipinski definition) is 6. The molecule has 0 bridgehead atoms. The second-order valence-electron chi connectivity index (χ2n) is 8.02. The summed E-state index contributed by atoms with van der Waals surface area (Å²) in [6.45, 7) is 4.18. The molecule has 1 aromatic carbocycles. The molecule has 9 heteroatoms. The Labute approximate surface area is 178 Å². The van der Waals surface area contributed by atoms with E-state index in [1.165, 1.54) is 23.1 Å². The van der Waals surface area contributed by atoms with Gasteiger partial charge in [-0.05, 0) is 38.8 Å². The second kappa shape index (κ2) is 7.52. The monoisotopic (exact) mass is 431 g/mol. The highest BCUT2D eigenvalue weighted by Gasteiger charge is 2.39. The van der Waals surface area contributed by atoms with E-state index >= 15 is 0 Å². The minimum absolute atomic E-state index is 0.127. The molecule has 2 heterocycles. The van der Waals surface area contributed by atoms with Gasteiger partial charge in [-0.25, -0.2) is 9.38 Å². The Morgan fingerprint density at radius 1 is 1.40 bits per heavy atom. The quantitative estimate of drug-likeness (QED) is 0.681. The molecule has 1 amide bonds. The van der Waals surface area contributed by atoms with E-state index in [-0.39, 0.29) is 42.6 Å². The molecule has 7 nitrogen and oxygen atoms in total. The number of aliphatic imine (C=N–C) groups is 1. The van der Waals surface area contributed by atoms with Gasteiger partial charge in [0.05, 0.1) is 40.6 Å². The first-order valence-electron chi connectivity index (χ1n) is 9.67. The third kappa shape index (κ3) is 3.97. The fourth-order valence-electron chi connectivity index (χ4n) is 3.37. The highest BCUT2D eigenvalue weighted by Crippen LogP contribution is 2.34. The Bertz CT molecular complexity index is 1040. The molecule has 0 aromatic heterocycles. The van der Waals surface area contributed by atoms with E-state index in [9.17, 15) is 9.18 Å². The molecule has 3 aliphatic rings. The Hall–Kier alpha value is -2.71. The van der Waals surface area contributed by atoms with Crippen molar-refractivity contribution in [3.63, 3.8) is 0 Å². The smallest absolute Gasteiger partial charge is 0.258 e. The number of likely N-dealkylation sites (tertiary alicyclic amines) is 1. The zero-order valence-electron chi connectivity index (χ0n) is 16.8. The highest BCUT2D eigenvalue weighted by atomic mass is 35.5. The Balaban J connectivity index is 1.57. The zero-order valence-corrected chi connectivity index (χ0v) is 17.6. The number of carbonyl (C=O) groups is 1. The van der Waals surface area contributed by atoms with Gasteiger partial charge in [0.2, 0.25) is 0 Å². The van der Waals surface area contributed by atoms with E-state index in [0.717, 1.165) is 18.5 Å². The van der Waals surface area contributed by atoms with Crippen LogP contribution < -0.4 is 15.8 Å². The van der Waals surface area contributed by atoms with Crippen LogP contribution >= 0.6 is 11.6 Å². The van der Waals surface area contributed by atoms with Crippen molar-refractivity contribution in [1.29, 1.82) is 5.41 Å². The van der Waals surface area contributed by atoms with Gasteiger partial charge in [0, 0.05) is 17.3 Å². The molecule has 2 fully saturated rings. The lowest BCUT2D eigenvalue weighted by atomic mass is 10.1. The average molecular weight is 432 g/mol. The summed E-state index contributed by atoms with van der Waals surface area (Å²) < 4.78 is 19.5. The lowest BCUT2D eigenvalue weighted by molar-refractivity contribution is 0.0798. The number of rotatable bonds is 4. The summed E-state index contributed by atoms with van der Waals surface area (Å²) in [4.78, 5) is 19.1. The topological polar surface area (TPSA) is 104 Å². The van der Waals surface area contributed by atoms with Crippen LogP contribution in [0.15, 0.2) is 45.3 Å². The number of allylic oxidation sites excluding steroid dienone is 2. The SMILES string of the molecule is CC1=N/C(=C2\CN(C(=O)c3ccc(F)cc3OCC3(N)CC3)CC2=N)NC(C)=C1Cl. The van der Waals surface area contributed by atoms with E-state index in [1.54, 1.807) is 6.92 Å². The molecule has 158 valence electrons. The van der Waals surface area contributed by atoms with Gasteiger partial charge in [0.15, 0.2) is 0 Å². The minimum atomic E-state index is -0.490. The number of nitrogens with zero attached hydrogens (tertiary/aromatic N) is 2. The van der Waals surface area contributed by atoms with Crippen molar-refractivity contribution in [3.8, 4) is 5.75 Å². The average Bonchev–Trinajstić information content (AvgIpc) is 3.31. The van der Waals surface area contributed by atoms with Gasteiger partial charge in [-0.1, -0.05) is 11.6 Å². The summed E-state index contributed by atoms with van der Waals surface area (Å²) in [5.74, 6) is -0.145. The van der Waals surface area contributed by atoms with Crippen molar-refractivity contribution >= 4 is 28.9 Å². The maximum absolute atomic E-state index is 13.8. The molecule has 4 N–H and O–H groups in total. The maximum atomic E-state index is 13.8. The van der Waals surface area contributed by atoms with Crippen molar-refractivity contribution in [2.75, 3.05) is 19.7 Å². The number of amides is 1. The fourth-order valence-corrected chi connectivity index (χ4v) is 3.46. The van der Waals surface area contributed by atoms with Crippen LogP contribution in [0.3, 0.4) is 0 Å². The molecule has 1 aliphatic carbocycles. The lowest BCUT2D eigenvalue weighted by Crippen LogP contribution is -2.32. The van der Waals surface area contributed by atoms with Gasteiger partial charge in [-0.2, -0.15) is 0 Å². The molecule has 2 aliphatic heterocycles. The summed E-state index contributed by atoms with van der Waals surface area (Å²) in [6.07, 6.45) is 1.69. The van der Waals surface area contributed by atoms with Gasteiger partial charge in [0.1, 0.15) is 24.0 Å². The van der Waals surface area contributed by atoms with Crippen molar-refractivity contribution < 1.29 is 13.9 Å². The molecule has 1 saturated heterocycles. The molecule has 0 radical (unpaired) electrons. The van der Waals surface area contributed by atoms with E-state index < -0.39 is 11.4 Å². The summed E-state index contributed by atoms with van der Waals surface area (Å²) in [5, 5.41) is 12.0. The van der Waals surface area contributed by atoms with Crippen LogP contribution in [0.5, 0.6) is 5.75 Å². The molecule has 0 atom stereocenters. The van der Waals surface area contributed by atoms with Gasteiger partial charge in [0.25, 0.3) is 5.91 Å². The predicted octanol–water partition coefficient (Wildman–Crippen LogP) is 2.92. The summed E-state index contributed by atoms with van der Waals surface area (Å²) >= 11 is 6.17. The Morgan fingerprint density at radius 2 is 2.13 bits per heavy atom. The Morgan fingerprint density at radius 3 is 2.80 bits per heavy atom. The van der Waals surface area contributed by atoms with Gasteiger partial charge < -0.3 is 26.1 Å². The number of ether oxygens (including phenoxy) is 1. The third-order valence-electron chi connectivity index (χ3n) is 5.45. The van der Waals surface area contributed by atoms with E-state index in [4.69, 9.17) is 27.5 Å². The van der Waals surface area contributed by atoms with Crippen LogP contribution in [0.2, 0.25) is 0 Å². The fraction of sp³-hybridized carbons (Fsp3) is 0.381. The second-order valence-corrected chi connectivity index (χ2v) is 8.40. The van der Waals surface area contributed by atoms with Crippen LogP contribution in [0, 0.1) is 11.2 Å². The first-order valence-corrected chi connectivity index (χ1v) is 10.1. The standard InChI is InChI=1S/C21H23ClFN5O2/c1-11-18(22)12(2)27-19(26-11)15-8-28(9-16(15)24)20(29)14-4-3-13(23)7-17(14)30-10-21(25)5-6-21/h3-4,7,24,26H,5-6,8-10,25H2,1-2H3/b19-15+,24-16?. The molecule has 0 spiro atoms. The number of hydrogen-bond donors (Lipinski definition) is 3. The largest absolute Gasteiger partial charge is 0.491 e. The first-order chi connectivity index (χ1) is 14.2. The molecular formula is C21H23ClFN5O2. The predicted molar refractivity (Wildman–Crippen MR) is 114 cm³/mol. The van der Waals surface area contributed by atoms with E-state index in [2.05, 4.69) is 10.3 Å². The normalized spacial score (nSPS) is 22.8. The molecule has 0 unspecified atom stereocenters. The summed E-state index contributed by atoms with van der Waals surface area (Å²) in [6, 6.07) is 3.83. The molecule has 1 saturated carbocycles. The van der Waals surface area contributed by atoms with Crippen molar-refractivity contribution in [1.82, 2.24) is 10.2 Å². The van der Waals surface area contributed by atoms with Crippen molar-refractivity contribution in [3.05, 3.63) is 51.7 Å². The number of benzene rings is 1. The molecule has 30 heavy (non-hydrogen) atoms. The lowest BCUT2D eigenvalue weighted by Gasteiger charge is -2.20. The Kier molecular flexibility index (Phi) is 5.15. The minimum Gasteiger partial charge on any atom is -0.491 e. The van der Waals surface area contributed by atoms with Crippen molar-refractivity contribution in [2.24, 2.45) is 10.7 Å². The van der Waals surface area contributed by atoms with Crippen LogP contribution in [-0.4, -0.2) is 47.5 Å². The van der Waals surface area contributed by atoms with Crippen molar-refractivity contribution in [2.45, 2.75) is 32.2 Å². The van der Waals surface area contributed by atoms with Crippen LogP contribution in [-0.2, 0) is 0 Å². The van der Waals surface area contributed by atoms with E-state index in [0.29, 0.717) is 22.1 Å². The number of halogens is 2. The number of carbonyl (C=O) groups excluding carboxylic acids is 1. The summed E-state index contributed by atoms with van der Waals surface area (Å²) in [7, 11) is 0. The van der Waals surface area contributed by atoms with E-state index in [1.807, 2.05) is 6.92 Å². The number of nitrogens with two attached hydrogens (primary N) is 1. The van der Waals surface area contributed by atoms with Gasteiger partial charge in [-0.3, -0.25) is 4.79 Å². The summed E-state index contributed by atoms with van der Waals surface area (Å²) in [5.41, 5.74) is 8.21. The number of nitrogens with one attached hydrogen (secondary N) is 2. The van der Waals surface area contributed by atoms with Crippen LogP contribution in [0.4, 0.5) is 4.39 Å². The molecule has 4 rings (SSSR count). The zero-order chi connectivity index (χ0) is 21.6.